The summed E-state index contributed by atoms with van der Waals surface area (Å²) in [6.07, 6.45) is 2.70. The van der Waals surface area contributed by atoms with Gasteiger partial charge in [0.2, 0.25) is 6.73 Å². The number of aryl methyl sites for hydroxylation is 1. The van der Waals surface area contributed by atoms with Gasteiger partial charge in [-0.1, -0.05) is 41.9 Å². The highest BCUT2D eigenvalue weighted by Gasteiger charge is 2.29. The Kier molecular flexibility index (Phi) is 3.76. The Bertz CT molecular complexity index is 1060. The lowest BCUT2D eigenvalue weighted by atomic mass is 10.0. The van der Waals surface area contributed by atoms with E-state index in [0.717, 1.165) is 54.4 Å². The molecule has 0 saturated heterocycles. The van der Waals surface area contributed by atoms with Crippen molar-refractivity contribution in [3.8, 4) is 5.75 Å². The number of nitrogens with one attached hydrogen (secondary N) is 1. The third-order valence-electron chi connectivity index (χ3n) is 5.41. The molecular formula is C21H19ClNO3+. The number of ether oxygens (including phenoxy) is 1. The molecule has 5 heteroatoms. The second-order valence-corrected chi connectivity index (χ2v) is 7.53. The van der Waals surface area contributed by atoms with Crippen LogP contribution in [0.2, 0.25) is 5.02 Å². The fraction of sp³-hybridized carbons (Fsp3) is 0.286. The first-order valence-corrected chi connectivity index (χ1v) is 9.39. The van der Waals surface area contributed by atoms with E-state index in [9.17, 15) is 4.79 Å². The Labute approximate surface area is 155 Å². The van der Waals surface area contributed by atoms with Crippen molar-refractivity contribution < 1.29 is 14.1 Å². The summed E-state index contributed by atoms with van der Waals surface area (Å²) in [5.74, 6) is 0.664. The highest BCUT2D eigenvalue weighted by molar-refractivity contribution is 6.33. The van der Waals surface area contributed by atoms with Crippen LogP contribution >= 0.6 is 11.6 Å². The maximum atomic E-state index is 12.4. The fourth-order valence-corrected chi connectivity index (χ4v) is 4.50. The standard InChI is InChI=1S/C21H18ClNO3/c22-18-9-16-14-7-4-8-15(14)21(24)26-19(16)17-11-23(12-25-20(17)18)10-13-5-2-1-3-6-13/h1-3,5-6,9H,4,7-8,10-12H2/p+1. The number of halogens is 1. The molecule has 132 valence electrons. The first kappa shape index (κ1) is 15.9. The first-order valence-electron chi connectivity index (χ1n) is 9.01. The van der Waals surface area contributed by atoms with Crippen LogP contribution in [0, 0.1) is 0 Å². The van der Waals surface area contributed by atoms with Crippen LogP contribution in [-0.4, -0.2) is 6.73 Å². The van der Waals surface area contributed by atoms with Gasteiger partial charge in [0.25, 0.3) is 0 Å². The van der Waals surface area contributed by atoms with E-state index in [0.29, 0.717) is 23.1 Å². The van der Waals surface area contributed by atoms with Crippen molar-refractivity contribution >= 4 is 22.6 Å². The average Bonchev–Trinajstić information content (AvgIpc) is 3.15. The van der Waals surface area contributed by atoms with Gasteiger partial charge in [0.05, 0.1) is 10.6 Å². The normalized spacial score (nSPS) is 18.4. The third-order valence-corrected chi connectivity index (χ3v) is 5.69. The van der Waals surface area contributed by atoms with E-state index >= 15 is 0 Å². The molecule has 1 aromatic heterocycles. The van der Waals surface area contributed by atoms with Crippen LogP contribution in [0.4, 0.5) is 0 Å². The van der Waals surface area contributed by atoms with E-state index < -0.39 is 0 Å². The van der Waals surface area contributed by atoms with Gasteiger partial charge in [0.15, 0.2) is 11.3 Å². The van der Waals surface area contributed by atoms with Crippen LogP contribution in [0.15, 0.2) is 45.6 Å². The zero-order valence-corrected chi connectivity index (χ0v) is 15.1. The Morgan fingerprint density at radius 1 is 1.08 bits per heavy atom. The van der Waals surface area contributed by atoms with Crippen LogP contribution in [0.25, 0.3) is 11.0 Å². The summed E-state index contributed by atoms with van der Waals surface area (Å²) < 4.78 is 11.7. The molecule has 26 heavy (non-hydrogen) atoms. The van der Waals surface area contributed by atoms with Gasteiger partial charge in [-0.2, -0.15) is 0 Å². The summed E-state index contributed by atoms with van der Waals surface area (Å²) in [7, 11) is 0. The summed E-state index contributed by atoms with van der Waals surface area (Å²) in [6.45, 7) is 2.12. The number of benzene rings is 2. The van der Waals surface area contributed by atoms with Gasteiger partial charge in [0.1, 0.15) is 13.1 Å². The molecule has 3 aromatic rings. The molecule has 0 bridgehead atoms. The van der Waals surface area contributed by atoms with Crippen LogP contribution in [0.3, 0.4) is 0 Å². The highest BCUT2D eigenvalue weighted by atomic mass is 35.5. The van der Waals surface area contributed by atoms with Crippen molar-refractivity contribution in [2.75, 3.05) is 6.73 Å². The number of hydrogen-bond acceptors (Lipinski definition) is 3. The van der Waals surface area contributed by atoms with Crippen molar-refractivity contribution in [3.63, 3.8) is 0 Å². The molecule has 1 atom stereocenters. The smallest absolute Gasteiger partial charge is 0.339 e. The number of fused-ring (bicyclic) bond motifs is 5. The molecule has 5 rings (SSSR count). The molecule has 1 unspecified atom stereocenters. The lowest BCUT2D eigenvalue weighted by molar-refractivity contribution is -0.945. The second-order valence-electron chi connectivity index (χ2n) is 7.12. The number of quaternary nitrogens is 1. The molecule has 1 N–H and O–H groups in total. The molecule has 0 spiro atoms. The Balaban J connectivity index is 1.61. The molecule has 0 radical (unpaired) electrons. The maximum absolute atomic E-state index is 12.4. The zero-order chi connectivity index (χ0) is 17.7. The van der Waals surface area contributed by atoms with Crippen molar-refractivity contribution in [2.45, 2.75) is 32.4 Å². The van der Waals surface area contributed by atoms with Gasteiger partial charge in [-0.05, 0) is 30.9 Å². The van der Waals surface area contributed by atoms with Crippen LogP contribution < -0.4 is 15.3 Å². The Morgan fingerprint density at radius 2 is 1.88 bits per heavy atom. The molecule has 0 amide bonds. The van der Waals surface area contributed by atoms with Crippen LogP contribution in [0.5, 0.6) is 5.75 Å². The topological polar surface area (TPSA) is 43.9 Å². The lowest BCUT2D eigenvalue weighted by Gasteiger charge is -2.27. The molecule has 1 aliphatic heterocycles. The molecule has 2 aliphatic rings. The Hall–Kier alpha value is -2.30. The monoisotopic (exact) mass is 368 g/mol. The first-order chi connectivity index (χ1) is 12.7. The predicted octanol–water partition coefficient (Wildman–Crippen LogP) is 2.87. The molecule has 1 aliphatic carbocycles. The van der Waals surface area contributed by atoms with Crippen molar-refractivity contribution in [1.82, 2.24) is 0 Å². The van der Waals surface area contributed by atoms with Crippen molar-refractivity contribution in [2.24, 2.45) is 0 Å². The maximum Gasteiger partial charge on any atom is 0.339 e. The van der Waals surface area contributed by atoms with Crippen LogP contribution in [-0.2, 0) is 25.9 Å². The zero-order valence-electron chi connectivity index (χ0n) is 14.3. The minimum absolute atomic E-state index is 0.204. The van der Waals surface area contributed by atoms with Gasteiger partial charge in [-0.25, -0.2) is 4.79 Å². The van der Waals surface area contributed by atoms with Gasteiger partial charge in [-0.15, -0.1) is 0 Å². The molecule has 2 heterocycles. The van der Waals surface area contributed by atoms with E-state index in [1.54, 1.807) is 0 Å². The molecule has 0 fully saturated rings. The Morgan fingerprint density at radius 3 is 2.73 bits per heavy atom. The minimum Gasteiger partial charge on any atom is -0.443 e. The molecule has 4 nitrogen and oxygen atoms in total. The second kappa shape index (κ2) is 6.15. The van der Waals surface area contributed by atoms with Crippen molar-refractivity contribution in [1.29, 1.82) is 0 Å². The summed E-state index contributed by atoms with van der Waals surface area (Å²) in [4.78, 5) is 13.7. The van der Waals surface area contributed by atoms with Crippen molar-refractivity contribution in [3.05, 3.63) is 74.1 Å². The van der Waals surface area contributed by atoms with Gasteiger partial charge in [-0.3, -0.25) is 4.90 Å². The van der Waals surface area contributed by atoms with E-state index in [-0.39, 0.29) is 5.63 Å². The molecule has 2 aromatic carbocycles. The lowest BCUT2D eigenvalue weighted by Crippen LogP contribution is -3.10. The highest BCUT2D eigenvalue weighted by Crippen LogP contribution is 2.39. The summed E-state index contributed by atoms with van der Waals surface area (Å²) in [6, 6.07) is 12.2. The number of rotatable bonds is 2. The fourth-order valence-electron chi connectivity index (χ4n) is 4.22. The number of hydrogen-bond donors (Lipinski definition) is 1. The van der Waals surface area contributed by atoms with E-state index in [1.807, 2.05) is 24.3 Å². The average molecular weight is 369 g/mol. The summed E-state index contributed by atoms with van der Waals surface area (Å²) >= 11 is 6.52. The minimum atomic E-state index is -0.204. The quantitative estimate of drug-likeness (QED) is 0.707. The van der Waals surface area contributed by atoms with Gasteiger partial charge >= 0.3 is 5.63 Å². The summed E-state index contributed by atoms with van der Waals surface area (Å²) in [5, 5.41) is 1.58. The van der Waals surface area contributed by atoms with Gasteiger partial charge < -0.3 is 9.15 Å². The van der Waals surface area contributed by atoms with E-state index in [1.165, 1.54) is 10.5 Å². The summed E-state index contributed by atoms with van der Waals surface area (Å²) in [5.41, 5.74) is 4.54. The predicted molar refractivity (Wildman–Crippen MR) is 99.8 cm³/mol. The largest absolute Gasteiger partial charge is 0.443 e. The third kappa shape index (κ3) is 2.52. The van der Waals surface area contributed by atoms with Gasteiger partial charge in [0, 0.05) is 16.5 Å². The van der Waals surface area contributed by atoms with E-state index in [4.69, 9.17) is 20.8 Å². The molecule has 0 saturated carbocycles. The van der Waals surface area contributed by atoms with E-state index in [2.05, 4.69) is 12.1 Å². The molecular weight excluding hydrogens is 350 g/mol. The van der Waals surface area contributed by atoms with Crippen LogP contribution in [0.1, 0.15) is 28.7 Å². The SMILES string of the molecule is O=c1oc2c3c(c(Cl)cc2c2c1CCC2)OC[NH+](Cc1ccccc1)C3.